The van der Waals surface area contributed by atoms with Crippen molar-refractivity contribution in [3.8, 4) is 5.75 Å². The van der Waals surface area contributed by atoms with Gasteiger partial charge in [-0.3, -0.25) is 0 Å². The van der Waals surface area contributed by atoms with E-state index in [2.05, 4.69) is 12.2 Å². The minimum absolute atomic E-state index is 0.0835. The number of carboxylic acid groups (broad SMARTS) is 1. The van der Waals surface area contributed by atoms with Crippen LogP contribution in [-0.4, -0.2) is 37.9 Å². The van der Waals surface area contributed by atoms with Gasteiger partial charge in [0.05, 0.1) is 25.0 Å². The summed E-state index contributed by atoms with van der Waals surface area (Å²) in [7, 11) is 3.19. The molecule has 0 amide bonds. The Hall–Kier alpha value is -1.75. The Morgan fingerprint density at radius 2 is 2.16 bits per heavy atom. The monoisotopic (exact) mass is 267 g/mol. The number of hydrogen-bond donors (Lipinski definition) is 2. The second-order valence-corrected chi connectivity index (χ2v) is 4.30. The van der Waals surface area contributed by atoms with Gasteiger partial charge >= 0.3 is 5.97 Å². The molecule has 0 bridgehead atoms. The van der Waals surface area contributed by atoms with Crippen molar-refractivity contribution in [2.75, 3.05) is 26.1 Å². The Morgan fingerprint density at radius 1 is 1.42 bits per heavy atom. The molecule has 1 atom stereocenters. The molecule has 0 heterocycles. The van der Waals surface area contributed by atoms with Crippen molar-refractivity contribution in [2.24, 2.45) is 0 Å². The highest BCUT2D eigenvalue weighted by Gasteiger charge is 2.15. The van der Waals surface area contributed by atoms with Gasteiger partial charge in [0.25, 0.3) is 0 Å². The Balaban J connectivity index is 2.97. The second-order valence-electron chi connectivity index (χ2n) is 4.30. The third-order valence-corrected chi connectivity index (χ3v) is 2.82. The minimum atomic E-state index is -0.960. The molecule has 0 aliphatic rings. The molecule has 0 spiro atoms. The van der Waals surface area contributed by atoms with E-state index in [1.54, 1.807) is 32.4 Å². The van der Waals surface area contributed by atoms with Crippen LogP contribution in [-0.2, 0) is 4.74 Å². The zero-order valence-corrected chi connectivity index (χ0v) is 11.6. The third-order valence-electron chi connectivity index (χ3n) is 2.82. The highest BCUT2D eigenvalue weighted by atomic mass is 16.5. The van der Waals surface area contributed by atoms with Crippen molar-refractivity contribution in [3.63, 3.8) is 0 Å². The van der Waals surface area contributed by atoms with E-state index >= 15 is 0 Å². The number of nitrogens with one attached hydrogen (secondary N) is 1. The van der Waals surface area contributed by atoms with Crippen molar-refractivity contribution in [1.82, 2.24) is 0 Å². The molecule has 0 saturated heterocycles. The van der Waals surface area contributed by atoms with Gasteiger partial charge in [-0.05, 0) is 18.6 Å². The van der Waals surface area contributed by atoms with Gasteiger partial charge < -0.3 is 19.9 Å². The smallest absolute Gasteiger partial charge is 0.337 e. The average Bonchev–Trinajstić information content (AvgIpc) is 2.38. The number of benzene rings is 1. The summed E-state index contributed by atoms with van der Waals surface area (Å²) >= 11 is 0. The molecule has 0 radical (unpaired) electrons. The first-order chi connectivity index (χ1) is 9.12. The first-order valence-electron chi connectivity index (χ1n) is 6.29. The fourth-order valence-corrected chi connectivity index (χ4v) is 1.92. The topological polar surface area (TPSA) is 67.8 Å². The van der Waals surface area contributed by atoms with Crippen LogP contribution in [0.5, 0.6) is 5.75 Å². The Morgan fingerprint density at radius 3 is 2.68 bits per heavy atom. The van der Waals surface area contributed by atoms with Crippen molar-refractivity contribution in [1.29, 1.82) is 0 Å². The predicted molar refractivity (Wildman–Crippen MR) is 74.1 cm³/mol. The molecule has 5 nitrogen and oxygen atoms in total. The highest BCUT2D eigenvalue weighted by Crippen LogP contribution is 2.24. The van der Waals surface area contributed by atoms with Crippen LogP contribution in [0.15, 0.2) is 18.2 Å². The van der Waals surface area contributed by atoms with Crippen molar-refractivity contribution >= 4 is 11.7 Å². The van der Waals surface area contributed by atoms with Crippen LogP contribution in [0.1, 0.15) is 30.1 Å². The van der Waals surface area contributed by atoms with Crippen molar-refractivity contribution in [3.05, 3.63) is 23.8 Å². The minimum Gasteiger partial charge on any atom is -0.497 e. The lowest BCUT2D eigenvalue weighted by molar-refractivity contribution is 0.0697. The van der Waals surface area contributed by atoms with E-state index < -0.39 is 5.97 Å². The van der Waals surface area contributed by atoms with E-state index in [4.69, 9.17) is 9.47 Å². The van der Waals surface area contributed by atoms with E-state index in [-0.39, 0.29) is 11.6 Å². The van der Waals surface area contributed by atoms with Gasteiger partial charge in [-0.25, -0.2) is 4.79 Å². The zero-order chi connectivity index (χ0) is 14.3. The van der Waals surface area contributed by atoms with E-state index in [1.807, 2.05) is 0 Å². The number of aromatic carboxylic acids is 1. The molecule has 5 heteroatoms. The first-order valence-corrected chi connectivity index (χ1v) is 6.29. The summed E-state index contributed by atoms with van der Waals surface area (Å²) in [5.74, 6) is -0.335. The van der Waals surface area contributed by atoms with Crippen LogP contribution in [0.2, 0.25) is 0 Å². The lowest BCUT2D eigenvalue weighted by atomic mass is 10.1. The molecule has 1 rings (SSSR count). The second kappa shape index (κ2) is 7.63. The molecule has 19 heavy (non-hydrogen) atoms. The van der Waals surface area contributed by atoms with E-state index in [0.717, 1.165) is 12.8 Å². The standard InChI is InChI=1S/C14H21NO4/c1-4-5-10(9-18-2)15-13-8-11(19-3)6-7-12(13)14(16)17/h6-8,10,15H,4-5,9H2,1-3H3,(H,16,17). The summed E-state index contributed by atoms with van der Waals surface area (Å²) < 4.78 is 10.3. The molecule has 106 valence electrons. The SMILES string of the molecule is CCCC(COC)Nc1cc(OC)ccc1C(=O)O. The molecule has 0 aliphatic heterocycles. The van der Waals surface area contributed by atoms with Crippen LogP contribution in [0.25, 0.3) is 0 Å². The molecular formula is C14H21NO4. The maximum absolute atomic E-state index is 11.2. The normalized spacial score (nSPS) is 11.9. The number of carbonyl (C=O) groups is 1. The maximum atomic E-state index is 11.2. The van der Waals surface area contributed by atoms with Crippen molar-refractivity contribution < 1.29 is 19.4 Å². The largest absolute Gasteiger partial charge is 0.497 e. The molecule has 0 saturated carbocycles. The van der Waals surface area contributed by atoms with E-state index in [1.165, 1.54) is 0 Å². The molecule has 1 aromatic rings. The molecule has 1 aromatic carbocycles. The van der Waals surface area contributed by atoms with Crippen LogP contribution in [0.4, 0.5) is 5.69 Å². The molecule has 0 aromatic heterocycles. The first kappa shape index (κ1) is 15.3. The van der Waals surface area contributed by atoms with Gasteiger partial charge in [-0.1, -0.05) is 13.3 Å². The fourth-order valence-electron chi connectivity index (χ4n) is 1.92. The maximum Gasteiger partial charge on any atom is 0.337 e. The average molecular weight is 267 g/mol. The summed E-state index contributed by atoms with van der Waals surface area (Å²) in [4.78, 5) is 11.2. The van der Waals surface area contributed by atoms with E-state index in [9.17, 15) is 9.90 Å². The lowest BCUT2D eigenvalue weighted by Gasteiger charge is -2.20. The Bertz CT molecular complexity index is 414. The third kappa shape index (κ3) is 4.44. The summed E-state index contributed by atoms with van der Waals surface area (Å²) in [6, 6.07) is 4.96. The summed E-state index contributed by atoms with van der Waals surface area (Å²) in [5, 5.41) is 12.4. The quantitative estimate of drug-likeness (QED) is 0.757. The molecular weight excluding hydrogens is 246 g/mol. The van der Waals surface area contributed by atoms with Gasteiger partial charge in [0.2, 0.25) is 0 Å². The lowest BCUT2D eigenvalue weighted by Crippen LogP contribution is -2.25. The number of ether oxygens (including phenoxy) is 2. The number of rotatable bonds is 8. The van der Waals surface area contributed by atoms with Gasteiger partial charge in [0.1, 0.15) is 5.75 Å². The van der Waals surface area contributed by atoms with Crippen LogP contribution >= 0.6 is 0 Å². The van der Waals surface area contributed by atoms with Gasteiger partial charge in [0.15, 0.2) is 0 Å². The van der Waals surface area contributed by atoms with Crippen molar-refractivity contribution in [2.45, 2.75) is 25.8 Å². The van der Waals surface area contributed by atoms with Crippen LogP contribution in [0.3, 0.4) is 0 Å². The van der Waals surface area contributed by atoms with Crippen LogP contribution in [0, 0.1) is 0 Å². The van der Waals surface area contributed by atoms with Gasteiger partial charge in [-0.2, -0.15) is 0 Å². The zero-order valence-electron chi connectivity index (χ0n) is 11.6. The van der Waals surface area contributed by atoms with Crippen LogP contribution < -0.4 is 10.1 Å². The number of hydrogen-bond acceptors (Lipinski definition) is 4. The molecule has 0 aliphatic carbocycles. The number of anilines is 1. The Labute approximate surface area is 113 Å². The van der Waals surface area contributed by atoms with Gasteiger partial charge in [-0.15, -0.1) is 0 Å². The Kier molecular flexibility index (Phi) is 6.15. The predicted octanol–water partition coefficient (Wildman–Crippen LogP) is 2.62. The number of methoxy groups -OCH3 is 2. The summed E-state index contributed by atoms with van der Waals surface area (Å²) in [6.07, 6.45) is 1.90. The number of carboxylic acids is 1. The highest BCUT2D eigenvalue weighted by molar-refractivity contribution is 5.94. The van der Waals surface area contributed by atoms with Gasteiger partial charge in [0, 0.05) is 19.2 Å². The fraction of sp³-hybridized carbons (Fsp3) is 0.500. The summed E-state index contributed by atoms with van der Waals surface area (Å²) in [5.41, 5.74) is 0.792. The molecule has 2 N–H and O–H groups in total. The molecule has 1 unspecified atom stereocenters. The van der Waals surface area contributed by atoms with E-state index in [0.29, 0.717) is 18.0 Å². The summed E-state index contributed by atoms with van der Waals surface area (Å²) in [6.45, 7) is 2.61. The molecule has 0 fully saturated rings.